The summed E-state index contributed by atoms with van der Waals surface area (Å²) in [5.41, 5.74) is 0.278. The fourth-order valence-corrected chi connectivity index (χ4v) is 3.31. The lowest BCUT2D eigenvalue weighted by Gasteiger charge is -2.28. The van der Waals surface area contributed by atoms with Crippen LogP contribution in [0.4, 0.5) is 5.82 Å². The van der Waals surface area contributed by atoms with Crippen molar-refractivity contribution in [1.29, 1.82) is 5.26 Å². The molecule has 0 aromatic carbocycles. The first-order valence-corrected chi connectivity index (χ1v) is 7.48. The van der Waals surface area contributed by atoms with Crippen LogP contribution in [0.3, 0.4) is 0 Å². The third kappa shape index (κ3) is 1.98. The van der Waals surface area contributed by atoms with Crippen LogP contribution in [0.2, 0.25) is 0 Å². The molecule has 1 saturated carbocycles. The minimum Gasteiger partial charge on any atom is -0.310 e. The molecule has 0 saturated heterocycles. The lowest BCUT2D eigenvalue weighted by molar-refractivity contribution is -0.122. The summed E-state index contributed by atoms with van der Waals surface area (Å²) in [6.07, 6.45) is 7.40. The second kappa shape index (κ2) is 4.73. The molecule has 110 valence electrons. The van der Waals surface area contributed by atoms with Gasteiger partial charge in [-0.25, -0.2) is 0 Å². The quantitative estimate of drug-likeness (QED) is 0.806. The van der Waals surface area contributed by atoms with E-state index in [9.17, 15) is 14.9 Å². The van der Waals surface area contributed by atoms with Crippen molar-refractivity contribution in [2.75, 3.05) is 5.32 Å². The van der Waals surface area contributed by atoms with Crippen LogP contribution in [0, 0.1) is 16.7 Å². The summed E-state index contributed by atoms with van der Waals surface area (Å²) in [4.78, 5) is 24.6. The lowest BCUT2D eigenvalue weighted by atomic mass is 9.84. The molecular formula is C16H19N3O2. The molecule has 1 amide bonds. The predicted molar refractivity (Wildman–Crippen MR) is 78.0 cm³/mol. The topological polar surface area (TPSA) is 74.9 Å². The fourth-order valence-electron chi connectivity index (χ4n) is 3.31. The Hall–Kier alpha value is -2.09. The fraction of sp³-hybridized carbons (Fsp3) is 0.562. The second-order valence-corrected chi connectivity index (χ2v) is 6.51. The number of aromatic nitrogens is 1. The zero-order chi connectivity index (χ0) is 15.2. The minimum absolute atomic E-state index is 0.264. The maximum Gasteiger partial charge on any atom is 0.247 e. The van der Waals surface area contributed by atoms with Gasteiger partial charge in [-0.05, 0) is 38.2 Å². The monoisotopic (exact) mass is 285 g/mol. The van der Waals surface area contributed by atoms with E-state index in [-0.39, 0.29) is 11.8 Å². The molecule has 1 aliphatic carbocycles. The Morgan fingerprint density at radius 1 is 1.29 bits per heavy atom. The Balaban J connectivity index is 2.10. The van der Waals surface area contributed by atoms with Crippen LogP contribution in [0.25, 0.3) is 0 Å². The smallest absolute Gasteiger partial charge is 0.247 e. The number of carbonyl (C=O) groups is 2. The zero-order valence-electron chi connectivity index (χ0n) is 12.4. The first-order valence-electron chi connectivity index (χ1n) is 7.48. The van der Waals surface area contributed by atoms with E-state index in [4.69, 9.17) is 0 Å². The summed E-state index contributed by atoms with van der Waals surface area (Å²) in [5, 5.41) is 12.2. The highest BCUT2D eigenvalue weighted by atomic mass is 16.2. The van der Waals surface area contributed by atoms with Gasteiger partial charge in [0.1, 0.15) is 17.3 Å². The third-order valence-corrected chi connectivity index (χ3v) is 4.74. The van der Waals surface area contributed by atoms with Crippen LogP contribution in [0.5, 0.6) is 0 Å². The van der Waals surface area contributed by atoms with E-state index in [2.05, 4.69) is 11.4 Å². The summed E-state index contributed by atoms with van der Waals surface area (Å²) in [7, 11) is 0. The van der Waals surface area contributed by atoms with Crippen molar-refractivity contribution in [2.24, 2.45) is 5.41 Å². The molecule has 1 aromatic heterocycles. The van der Waals surface area contributed by atoms with E-state index in [0.29, 0.717) is 17.3 Å². The van der Waals surface area contributed by atoms with E-state index >= 15 is 0 Å². The standard InChI is InChI=1S/C16H19N3O2/c1-16(2)14(20)18-13-11(8-17)12(9-19(13)15(16)21)10-6-4-3-5-7-10/h9-10H,3-7H2,1-2H3,(H,18,20). The normalized spacial score (nSPS) is 21.6. The molecular weight excluding hydrogens is 266 g/mol. The molecule has 1 N–H and O–H groups in total. The molecule has 1 aliphatic heterocycles. The highest BCUT2D eigenvalue weighted by Gasteiger charge is 2.44. The molecule has 1 fully saturated rings. The van der Waals surface area contributed by atoms with Crippen molar-refractivity contribution in [2.45, 2.75) is 51.9 Å². The van der Waals surface area contributed by atoms with Gasteiger partial charge in [0.25, 0.3) is 0 Å². The summed E-state index contributed by atoms with van der Waals surface area (Å²) in [5.74, 6) is 0.0660. The zero-order valence-corrected chi connectivity index (χ0v) is 12.4. The van der Waals surface area contributed by atoms with Crippen molar-refractivity contribution < 1.29 is 9.59 Å². The summed E-state index contributed by atoms with van der Waals surface area (Å²) in [6.45, 7) is 3.22. The minimum atomic E-state index is -1.09. The number of carbonyl (C=O) groups excluding carboxylic acids is 2. The van der Waals surface area contributed by atoms with Gasteiger partial charge in [-0.1, -0.05) is 19.3 Å². The van der Waals surface area contributed by atoms with E-state index in [1.165, 1.54) is 11.0 Å². The predicted octanol–water partition coefficient (Wildman–Crippen LogP) is 3.03. The van der Waals surface area contributed by atoms with Gasteiger partial charge >= 0.3 is 0 Å². The number of rotatable bonds is 1. The molecule has 0 bridgehead atoms. The van der Waals surface area contributed by atoms with Crippen molar-refractivity contribution in [3.63, 3.8) is 0 Å². The molecule has 0 spiro atoms. The van der Waals surface area contributed by atoms with Crippen molar-refractivity contribution in [1.82, 2.24) is 4.57 Å². The SMILES string of the molecule is CC1(C)C(=O)Nc2c(C#N)c(C3CCCCC3)cn2C1=O. The number of nitriles is 1. The van der Waals surface area contributed by atoms with Crippen LogP contribution < -0.4 is 5.32 Å². The van der Waals surface area contributed by atoms with E-state index in [1.54, 1.807) is 20.0 Å². The number of nitrogens with zero attached hydrogens (tertiary/aromatic N) is 2. The van der Waals surface area contributed by atoms with Crippen molar-refractivity contribution in [3.8, 4) is 6.07 Å². The highest BCUT2D eigenvalue weighted by molar-refractivity contribution is 6.15. The van der Waals surface area contributed by atoms with Crippen LogP contribution in [0.15, 0.2) is 6.20 Å². The van der Waals surface area contributed by atoms with Crippen LogP contribution in [0.1, 0.15) is 67.8 Å². The molecule has 0 unspecified atom stereocenters. The molecule has 1 aromatic rings. The first kappa shape index (κ1) is 13.9. The van der Waals surface area contributed by atoms with Gasteiger partial charge < -0.3 is 5.32 Å². The van der Waals surface area contributed by atoms with Gasteiger partial charge in [0, 0.05) is 6.20 Å². The Bertz CT molecular complexity index is 658. The third-order valence-electron chi connectivity index (χ3n) is 4.74. The Kier molecular flexibility index (Phi) is 3.12. The molecule has 2 aliphatic rings. The number of hydrogen-bond acceptors (Lipinski definition) is 3. The summed E-state index contributed by atoms with van der Waals surface area (Å²) in [6, 6.07) is 2.18. The highest BCUT2D eigenvalue weighted by Crippen LogP contribution is 2.40. The van der Waals surface area contributed by atoms with Gasteiger partial charge in [-0.2, -0.15) is 5.26 Å². The number of anilines is 1. The average molecular weight is 285 g/mol. The Morgan fingerprint density at radius 2 is 1.95 bits per heavy atom. The maximum absolute atomic E-state index is 12.5. The van der Waals surface area contributed by atoms with Crippen LogP contribution in [-0.4, -0.2) is 16.4 Å². The second-order valence-electron chi connectivity index (χ2n) is 6.51. The van der Waals surface area contributed by atoms with Crippen LogP contribution >= 0.6 is 0 Å². The van der Waals surface area contributed by atoms with E-state index in [1.807, 2.05) is 0 Å². The molecule has 3 rings (SSSR count). The Labute approximate surface area is 123 Å². The van der Waals surface area contributed by atoms with Gasteiger partial charge in [0.05, 0.1) is 5.56 Å². The number of fused-ring (bicyclic) bond motifs is 1. The van der Waals surface area contributed by atoms with Gasteiger partial charge in [0.15, 0.2) is 0 Å². The maximum atomic E-state index is 12.5. The molecule has 2 heterocycles. The number of amides is 1. The molecule has 21 heavy (non-hydrogen) atoms. The van der Waals surface area contributed by atoms with Gasteiger partial charge in [0.2, 0.25) is 11.8 Å². The summed E-state index contributed by atoms with van der Waals surface area (Å²) >= 11 is 0. The molecule has 5 nitrogen and oxygen atoms in total. The Morgan fingerprint density at radius 3 is 2.57 bits per heavy atom. The first-order chi connectivity index (χ1) is 9.96. The van der Waals surface area contributed by atoms with E-state index < -0.39 is 5.41 Å². The molecule has 0 radical (unpaired) electrons. The van der Waals surface area contributed by atoms with Crippen LogP contribution in [-0.2, 0) is 4.79 Å². The number of nitrogens with one attached hydrogen (secondary N) is 1. The summed E-state index contributed by atoms with van der Waals surface area (Å²) < 4.78 is 1.46. The number of hydrogen-bond donors (Lipinski definition) is 1. The van der Waals surface area contributed by atoms with Gasteiger partial charge in [-0.3, -0.25) is 14.2 Å². The van der Waals surface area contributed by atoms with Gasteiger partial charge in [-0.15, -0.1) is 0 Å². The van der Waals surface area contributed by atoms with Crippen molar-refractivity contribution >= 4 is 17.6 Å². The van der Waals surface area contributed by atoms with E-state index in [0.717, 1.165) is 31.2 Å². The average Bonchev–Trinajstić information content (AvgIpc) is 2.84. The molecule has 5 heteroatoms. The molecule has 0 atom stereocenters. The van der Waals surface area contributed by atoms with Crippen molar-refractivity contribution in [3.05, 3.63) is 17.3 Å². The lowest BCUT2D eigenvalue weighted by Crippen LogP contribution is -2.45. The largest absolute Gasteiger partial charge is 0.310 e.